The van der Waals surface area contributed by atoms with Gasteiger partial charge in [0.2, 0.25) is 0 Å². The van der Waals surface area contributed by atoms with Gasteiger partial charge in [-0.1, -0.05) is 48.5 Å². The molecule has 1 amide bonds. The van der Waals surface area contributed by atoms with E-state index in [0.717, 1.165) is 16.9 Å². The Kier molecular flexibility index (Phi) is 5.45. The summed E-state index contributed by atoms with van der Waals surface area (Å²) in [5, 5.41) is 7.87. The normalized spacial score (nSPS) is 11.4. The van der Waals surface area contributed by atoms with Crippen LogP contribution in [-0.2, 0) is 10.0 Å². The fourth-order valence-electron chi connectivity index (χ4n) is 2.06. The summed E-state index contributed by atoms with van der Waals surface area (Å²) in [6.07, 6.45) is 1.41. The number of carbonyl (C=O) groups excluding carboxylic acids is 1. The van der Waals surface area contributed by atoms with E-state index in [1.807, 2.05) is 24.3 Å². The first kappa shape index (κ1) is 17.8. The van der Waals surface area contributed by atoms with Crippen LogP contribution in [0.15, 0.2) is 82.1 Å². The van der Waals surface area contributed by atoms with Crippen molar-refractivity contribution in [2.24, 2.45) is 5.10 Å². The van der Waals surface area contributed by atoms with E-state index in [2.05, 4.69) is 15.2 Å². The number of nitrogens with zero attached hydrogens (tertiary/aromatic N) is 1. The van der Waals surface area contributed by atoms with Gasteiger partial charge in [-0.15, -0.1) is 11.3 Å². The number of hydrazone groups is 1. The molecule has 6 nitrogen and oxygen atoms in total. The van der Waals surface area contributed by atoms with Crippen molar-refractivity contribution in [1.82, 2.24) is 4.83 Å². The van der Waals surface area contributed by atoms with Gasteiger partial charge in [0.15, 0.2) is 0 Å². The van der Waals surface area contributed by atoms with Gasteiger partial charge in [-0.2, -0.15) is 13.5 Å². The zero-order chi connectivity index (χ0) is 18.4. The van der Waals surface area contributed by atoms with Crippen LogP contribution >= 0.6 is 11.3 Å². The molecule has 26 heavy (non-hydrogen) atoms. The molecule has 8 heteroatoms. The second kappa shape index (κ2) is 7.94. The Morgan fingerprint density at radius 1 is 1.00 bits per heavy atom. The zero-order valence-electron chi connectivity index (χ0n) is 13.5. The number of hydrogen-bond donors (Lipinski definition) is 2. The van der Waals surface area contributed by atoms with Crippen LogP contribution < -0.4 is 10.1 Å². The van der Waals surface area contributed by atoms with E-state index in [1.165, 1.54) is 17.7 Å². The lowest BCUT2D eigenvalue weighted by Gasteiger charge is -2.02. The average Bonchev–Trinajstić information content (AvgIpc) is 3.15. The molecule has 3 rings (SSSR count). The first-order valence-electron chi connectivity index (χ1n) is 7.59. The van der Waals surface area contributed by atoms with Crippen molar-refractivity contribution in [2.75, 3.05) is 5.32 Å². The van der Waals surface area contributed by atoms with Crippen molar-refractivity contribution in [3.8, 4) is 0 Å². The summed E-state index contributed by atoms with van der Waals surface area (Å²) in [7, 11) is -3.83. The molecule has 3 aromatic rings. The summed E-state index contributed by atoms with van der Waals surface area (Å²) in [6, 6.07) is 19.4. The van der Waals surface area contributed by atoms with Gasteiger partial charge >= 0.3 is 0 Å². The van der Waals surface area contributed by atoms with Crippen molar-refractivity contribution in [1.29, 1.82) is 0 Å². The van der Waals surface area contributed by atoms with Crippen LogP contribution in [0.25, 0.3) is 0 Å². The number of thiophene rings is 1. The molecule has 0 fully saturated rings. The van der Waals surface area contributed by atoms with E-state index in [4.69, 9.17) is 0 Å². The standard InChI is InChI=1S/C18H15N3O3S2/c22-18(20-15-9-5-2-6-10-15)17-11-16(13-25-17)26(23,24)21-19-12-14-7-3-1-4-8-14/h1-13,21H,(H,20,22)/b19-12+. The number of hydrogen-bond acceptors (Lipinski definition) is 5. The number of para-hydroxylation sites is 1. The highest BCUT2D eigenvalue weighted by Crippen LogP contribution is 2.20. The molecule has 1 aromatic heterocycles. The second-order valence-electron chi connectivity index (χ2n) is 5.23. The fraction of sp³-hybridized carbons (Fsp3) is 0. The molecule has 0 spiro atoms. The molecule has 0 saturated carbocycles. The highest BCUT2D eigenvalue weighted by Gasteiger charge is 2.18. The minimum atomic E-state index is -3.83. The third-order valence-electron chi connectivity index (χ3n) is 3.33. The Morgan fingerprint density at radius 2 is 1.65 bits per heavy atom. The lowest BCUT2D eigenvalue weighted by molar-refractivity contribution is 0.103. The fourth-order valence-corrected chi connectivity index (χ4v) is 4.01. The molecule has 0 aliphatic carbocycles. The predicted octanol–water partition coefficient (Wildman–Crippen LogP) is 3.31. The summed E-state index contributed by atoms with van der Waals surface area (Å²) < 4.78 is 24.5. The highest BCUT2D eigenvalue weighted by molar-refractivity contribution is 7.89. The maximum Gasteiger partial charge on any atom is 0.277 e. The Hall–Kier alpha value is -2.97. The van der Waals surface area contributed by atoms with Crippen molar-refractivity contribution >= 4 is 39.2 Å². The zero-order valence-corrected chi connectivity index (χ0v) is 15.1. The third kappa shape index (κ3) is 4.56. The number of benzene rings is 2. The molecule has 1 heterocycles. The van der Waals surface area contributed by atoms with Gasteiger partial charge in [-0.05, 0) is 23.8 Å². The summed E-state index contributed by atoms with van der Waals surface area (Å²) >= 11 is 1.05. The molecule has 0 aliphatic heterocycles. The van der Waals surface area contributed by atoms with E-state index in [1.54, 1.807) is 36.4 Å². The maximum atomic E-state index is 12.3. The van der Waals surface area contributed by atoms with Crippen LogP contribution in [-0.4, -0.2) is 20.5 Å². The van der Waals surface area contributed by atoms with Crippen LogP contribution in [0.3, 0.4) is 0 Å². The minimum Gasteiger partial charge on any atom is -0.321 e. The van der Waals surface area contributed by atoms with Crippen molar-refractivity contribution in [2.45, 2.75) is 4.90 Å². The summed E-state index contributed by atoms with van der Waals surface area (Å²) in [6.45, 7) is 0. The number of anilines is 1. The van der Waals surface area contributed by atoms with Gasteiger partial charge in [0.25, 0.3) is 15.9 Å². The van der Waals surface area contributed by atoms with Crippen LogP contribution in [0.5, 0.6) is 0 Å². The molecule has 2 N–H and O–H groups in total. The quantitative estimate of drug-likeness (QED) is 0.504. The molecule has 2 aromatic carbocycles. The summed E-state index contributed by atoms with van der Waals surface area (Å²) in [5.41, 5.74) is 1.41. The van der Waals surface area contributed by atoms with E-state index in [0.29, 0.717) is 10.6 Å². The number of nitrogens with one attached hydrogen (secondary N) is 2. The first-order valence-corrected chi connectivity index (χ1v) is 9.96. The minimum absolute atomic E-state index is 0.00840. The van der Waals surface area contributed by atoms with Crippen LogP contribution in [0, 0.1) is 0 Å². The molecule has 132 valence electrons. The molecular formula is C18H15N3O3S2. The van der Waals surface area contributed by atoms with Crippen LogP contribution in [0.1, 0.15) is 15.2 Å². The van der Waals surface area contributed by atoms with Gasteiger partial charge in [-0.25, -0.2) is 4.83 Å². The Bertz CT molecular complexity index is 1010. The lowest BCUT2D eigenvalue weighted by Crippen LogP contribution is -2.18. The molecule has 0 saturated heterocycles. The predicted molar refractivity (Wildman–Crippen MR) is 103 cm³/mol. The van der Waals surface area contributed by atoms with Gasteiger partial charge in [0, 0.05) is 11.1 Å². The number of amides is 1. The van der Waals surface area contributed by atoms with E-state index in [-0.39, 0.29) is 10.8 Å². The van der Waals surface area contributed by atoms with Crippen molar-refractivity contribution < 1.29 is 13.2 Å². The van der Waals surface area contributed by atoms with Crippen molar-refractivity contribution in [3.63, 3.8) is 0 Å². The Balaban J connectivity index is 1.68. The van der Waals surface area contributed by atoms with Gasteiger partial charge in [-0.3, -0.25) is 4.79 Å². The van der Waals surface area contributed by atoms with Crippen LogP contribution in [0.2, 0.25) is 0 Å². The van der Waals surface area contributed by atoms with Gasteiger partial charge in [0.1, 0.15) is 4.90 Å². The van der Waals surface area contributed by atoms with Crippen molar-refractivity contribution in [3.05, 3.63) is 82.6 Å². The van der Waals surface area contributed by atoms with E-state index < -0.39 is 10.0 Å². The Morgan fingerprint density at radius 3 is 2.35 bits per heavy atom. The topological polar surface area (TPSA) is 87.6 Å². The molecule has 0 aliphatic rings. The molecule has 0 atom stereocenters. The second-order valence-corrected chi connectivity index (χ2v) is 7.80. The average molecular weight is 385 g/mol. The summed E-state index contributed by atoms with van der Waals surface area (Å²) in [4.78, 5) is 14.6. The number of sulfonamides is 1. The smallest absolute Gasteiger partial charge is 0.277 e. The maximum absolute atomic E-state index is 12.3. The summed E-state index contributed by atoms with van der Waals surface area (Å²) in [5.74, 6) is -0.365. The van der Waals surface area contributed by atoms with Gasteiger partial charge < -0.3 is 5.32 Å². The molecule has 0 unspecified atom stereocenters. The number of rotatable bonds is 6. The van der Waals surface area contributed by atoms with E-state index >= 15 is 0 Å². The molecule has 0 radical (unpaired) electrons. The first-order chi connectivity index (χ1) is 12.5. The SMILES string of the molecule is O=C(Nc1ccccc1)c1cc(S(=O)(=O)N/N=C/c2ccccc2)cs1. The monoisotopic (exact) mass is 385 g/mol. The number of carbonyl (C=O) groups is 1. The molecule has 0 bridgehead atoms. The highest BCUT2D eigenvalue weighted by atomic mass is 32.2. The van der Waals surface area contributed by atoms with Crippen LogP contribution in [0.4, 0.5) is 5.69 Å². The third-order valence-corrected chi connectivity index (χ3v) is 5.61. The molecular weight excluding hydrogens is 370 g/mol. The largest absolute Gasteiger partial charge is 0.321 e. The van der Waals surface area contributed by atoms with E-state index in [9.17, 15) is 13.2 Å². The van der Waals surface area contributed by atoms with Gasteiger partial charge in [0.05, 0.1) is 11.1 Å². The Labute approximate surface area is 155 Å². The lowest BCUT2D eigenvalue weighted by atomic mass is 10.2.